The van der Waals surface area contributed by atoms with Crippen LogP contribution in [0.25, 0.3) is 10.9 Å². The molecule has 0 saturated carbocycles. The quantitative estimate of drug-likeness (QED) is 0.317. The van der Waals surface area contributed by atoms with Gasteiger partial charge in [-0.3, -0.25) is 0 Å². The number of ether oxygens (including phenoxy) is 2. The number of H-pyrrole nitrogens is 1. The molecule has 0 unspecified atom stereocenters. The van der Waals surface area contributed by atoms with Crippen LogP contribution in [0, 0.1) is 5.82 Å². The third-order valence-corrected chi connectivity index (χ3v) is 7.80. The number of fused-ring (bicyclic) bond motifs is 4. The number of hydrogen-bond acceptors (Lipinski definition) is 5. The summed E-state index contributed by atoms with van der Waals surface area (Å²) in [6.07, 6.45) is 2.50. The third kappa shape index (κ3) is 3.79. The van der Waals surface area contributed by atoms with E-state index in [-0.39, 0.29) is 29.2 Å². The van der Waals surface area contributed by atoms with E-state index in [9.17, 15) is 9.50 Å². The van der Waals surface area contributed by atoms with E-state index >= 15 is 0 Å². The summed E-state index contributed by atoms with van der Waals surface area (Å²) in [6, 6.07) is 18.4. The standard InChI is InChI=1S/C29H30FN3O3/c1-35-26-10-5-18(13-27(26)36-2)25-16-29(15-24(32-25)17-3-6-19(30)7-4-17)28-21(11-12-31-29)22-14-20(34)8-9-23(22)33-28/h3-10,13-14,24-25,31-34H,11-12,15-16H2,1-2H3/t24-,25+,29+/m1/s1. The van der Waals surface area contributed by atoms with Crippen LogP contribution in [0.4, 0.5) is 4.39 Å². The van der Waals surface area contributed by atoms with E-state index in [1.54, 1.807) is 20.3 Å². The Bertz CT molecular complexity index is 1420. The van der Waals surface area contributed by atoms with Gasteiger partial charge in [0.2, 0.25) is 0 Å². The number of hydrogen-bond donors (Lipinski definition) is 4. The summed E-state index contributed by atoms with van der Waals surface area (Å²) >= 11 is 0. The van der Waals surface area contributed by atoms with Crippen molar-refractivity contribution < 1.29 is 19.0 Å². The molecule has 4 aromatic rings. The summed E-state index contributed by atoms with van der Waals surface area (Å²) in [5.74, 6) is 1.41. The minimum Gasteiger partial charge on any atom is -0.508 e. The average molecular weight is 488 g/mol. The lowest BCUT2D eigenvalue weighted by Crippen LogP contribution is -2.55. The summed E-state index contributed by atoms with van der Waals surface area (Å²) in [4.78, 5) is 3.69. The van der Waals surface area contributed by atoms with Gasteiger partial charge in [0.1, 0.15) is 11.6 Å². The van der Waals surface area contributed by atoms with E-state index in [2.05, 4.69) is 21.7 Å². The first-order chi connectivity index (χ1) is 17.5. The Hall–Kier alpha value is -3.55. The number of rotatable bonds is 4. The van der Waals surface area contributed by atoms with Crippen LogP contribution in [0.5, 0.6) is 17.2 Å². The van der Waals surface area contributed by atoms with Crippen LogP contribution in [0.3, 0.4) is 0 Å². The fourth-order valence-corrected chi connectivity index (χ4v) is 6.10. The van der Waals surface area contributed by atoms with Crippen molar-refractivity contribution in [3.05, 3.63) is 88.9 Å². The Morgan fingerprint density at radius 3 is 2.36 bits per heavy atom. The highest BCUT2D eigenvalue weighted by atomic mass is 19.1. The molecule has 3 atom stereocenters. The van der Waals surface area contributed by atoms with Gasteiger partial charge in [-0.1, -0.05) is 18.2 Å². The SMILES string of the molecule is COc1ccc([C@@H]2C[C@]3(C[C@H](c4ccc(F)cc4)N2)NCCc2c3[nH]c3ccc(O)cc23)cc1OC. The Kier molecular flexibility index (Phi) is 5.62. The number of aromatic nitrogens is 1. The molecule has 1 saturated heterocycles. The molecule has 1 spiro atoms. The largest absolute Gasteiger partial charge is 0.508 e. The van der Waals surface area contributed by atoms with Crippen LogP contribution in [0.15, 0.2) is 60.7 Å². The lowest BCUT2D eigenvalue weighted by Gasteiger charge is -2.48. The second kappa shape index (κ2) is 8.84. The lowest BCUT2D eigenvalue weighted by molar-refractivity contribution is 0.152. The summed E-state index contributed by atoms with van der Waals surface area (Å²) in [7, 11) is 3.28. The molecule has 7 heteroatoms. The summed E-state index contributed by atoms with van der Waals surface area (Å²) in [5.41, 5.74) is 5.27. The number of methoxy groups -OCH3 is 2. The molecule has 2 aliphatic rings. The fraction of sp³-hybridized carbons (Fsp3) is 0.310. The molecule has 0 amide bonds. The van der Waals surface area contributed by atoms with E-state index in [1.165, 1.54) is 23.4 Å². The minimum atomic E-state index is -0.329. The Morgan fingerprint density at radius 2 is 1.61 bits per heavy atom. The summed E-state index contributed by atoms with van der Waals surface area (Å²) < 4.78 is 24.8. The van der Waals surface area contributed by atoms with Crippen molar-refractivity contribution in [2.24, 2.45) is 0 Å². The molecule has 1 fully saturated rings. The number of aromatic hydroxyl groups is 1. The van der Waals surface area contributed by atoms with Crippen LogP contribution in [-0.4, -0.2) is 30.9 Å². The maximum atomic E-state index is 13.8. The summed E-state index contributed by atoms with van der Waals surface area (Å²) in [6.45, 7) is 0.838. The van der Waals surface area contributed by atoms with Crippen molar-refractivity contribution in [3.63, 3.8) is 0 Å². The number of aromatic amines is 1. The van der Waals surface area contributed by atoms with E-state index in [0.717, 1.165) is 47.8 Å². The van der Waals surface area contributed by atoms with Crippen LogP contribution >= 0.6 is 0 Å². The maximum absolute atomic E-state index is 13.8. The van der Waals surface area contributed by atoms with Gasteiger partial charge in [-0.2, -0.15) is 0 Å². The van der Waals surface area contributed by atoms with E-state index < -0.39 is 0 Å². The van der Waals surface area contributed by atoms with Gasteiger partial charge in [-0.15, -0.1) is 0 Å². The van der Waals surface area contributed by atoms with Crippen molar-refractivity contribution in [1.29, 1.82) is 0 Å². The molecule has 4 N–H and O–H groups in total. The van der Waals surface area contributed by atoms with Gasteiger partial charge in [0.15, 0.2) is 11.5 Å². The number of benzene rings is 3. The lowest BCUT2D eigenvalue weighted by atomic mass is 9.72. The first kappa shape index (κ1) is 22.9. The number of piperidine rings is 1. The second-order valence-corrected chi connectivity index (χ2v) is 9.81. The molecular weight excluding hydrogens is 457 g/mol. The van der Waals surface area contributed by atoms with Gasteiger partial charge in [-0.05, 0) is 78.4 Å². The van der Waals surface area contributed by atoms with Crippen molar-refractivity contribution in [2.45, 2.75) is 36.9 Å². The Labute approximate surface area is 209 Å². The van der Waals surface area contributed by atoms with Gasteiger partial charge in [-0.25, -0.2) is 4.39 Å². The zero-order valence-electron chi connectivity index (χ0n) is 20.4. The fourth-order valence-electron chi connectivity index (χ4n) is 6.10. The van der Waals surface area contributed by atoms with Gasteiger partial charge in [0.25, 0.3) is 0 Å². The van der Waals surface area contributed by atoms with E-state index in [4.69, 9.17) is 9.47 Å². The zero-order chi connectivity index (χ0) is 24.9. The predicted molar refractivity (Wildman–Crippen MR) is 137 cm³/mol. The predicted octanol–water partition coefficient (Wildman–Crippen LogP) is 5.24. The van der Waals surface area contributed by atoms with Gasteiger partial charge in [0, 0.05) is 35.2 Å². The highest BCUT2D eigenvalue weighted by Crippen LogP contribution is 2.48. The molecule has 2 aliphatic heterocycles. The Balaban J connectivity index is 1.48. The van der Waals surface area contributed by atoms with E-state index in [0.29, 0.717) is 11.5 Å². The molecule has 6 rings (SSSR count). The molecular formula is C29H30FN3O3. The Morgan fingerprint density at radius 1 is 0.889 bits per heavy atom. The topological polar surface area (TPSA) is 78.5 Å². The minimum absolute atomic E-state index is 0.00397. The molecule has 3 heterocycles. The number of halogens is 1. The van der Waals surface area contributed by atoms with Crippen molar-refractivity contribution >= 4 is 10.9 Å². The normalized spacial score (nSPS) is 23.5. The number of phenolic OH excluding ortho intramolecular Hbond substituents is 1. The smallest absolute Gasteiger partial charge is 0.161 e. The number of phenols is 1. The van der Waals surface area contributed by atoms with Gasteiger partial charge in [0.05, 0.1) is 19.8 Å². The monoisotopic (exact) mass is 487 g/mol. The highest BCUT2D eigenvalue weighted by Gasteiger charge is 2.46. The molecule has 186 valence electrons. The number of nitrogens with one attached hydrogen (secondary N) is 3. The van der Waals surface area contributed by atoms with Crippen molar-refractivity contribution in [3.8, 4) is 17.2 Å². The van der Waals surface area contributed by atoms with E-state index in [1.807, 2.05) is 36.4 Å². The summed E-state index contributed by atoms with van der Waals surface area (Å²) in [5, 5.41) is 18.9. The highest BCUT2D eigenvalue weighted by molar-refractivity contribution is 5.86. The van der Waals surface area contributed by atoms with Crippen LogP contribution < -0.4 is 20.1 Å². The van der Waals surface area contributed by atoms with Crippen molar-refractivity contribution in [1.82, 2.24) is 15.6 Å². The molecule has 6 nitrogen and oxygen atoms in total. The van der Waals surface area contributed by atoms with Crippen molar-refractivity contribution in [2.75, 3.05) is 20.8 Å². The molecule has 36 heavy (non-hydrogen) atoms. The van der Waals surface area contributed by atoms with Gasteiger partial charge < -0.3 is 30.2 Å². The van der Waals surface area contributed by atoms with Crippen LogP contribution in [0.1, 0.15) is 47.3 Å². The maximum Gasteiger partial charge on any atom is 0.161 e. The second-order valence-electron chi connectivity index (χ2n) is 9.81. The van der Waals surface area contributed by atoms with Crippen LogP contribution in [-0.2, 0) is 12.0 Å². The molecule has 3 aromatic carbocycles. The molecule has 0 radical (unpaired) electrons. The third-order valence-electron chi connectivity index (χ3n) is 7.80. The molecule has 0 aliphatic carbocycles. The van der Waals surface area contributed by atoms with Crippen LogP contribution in [0.2, 0.25) is 0 Å². The van der Waals surface area contributed by atoms with Gasteiger partial charge >= 0.3 is 0 Å². The average Bonchev–Trinajstić information content (AvgIpc) is 3.28. The molecule has 1 aromatic heterocycles. The first-order valence-electron chi connectivity index (χ1n) is 12.3. The molecule has 0 bridgehead atoms. The zero-order valence-corrected chi connectivity index (χ0v) is 20.4. The first-order valence-corrected chi connectivity index (χ1v) is 12.3.